The van der Waals surface area contributed by atoms with Crippen molar-refractivity contribution in [1.29, 1.82) is 0 Å². The summed E-state index contributed by atoms with van der Waals surface area (Å²) in [5.41, 5.74) is 1.48. The van der Waals surface area contributed by atoms with Crippen LogP contribution in [0, 0.1) is 5.41 Å². The molecule has 1 atom stereocenters. The van der Waals surface area contributed by atoms with Crippen molar-refractivity contribution in [2.24, 2.45) is 5.41 Å². The SMILES string of the molecule is CC1(C)CCCC1NCc1ccc(C(=O)O)cn1. The summed E-state index contributed by atoms with van der Waals surface area (Å²) in [7, 11) is 0. The molecule has 1 unspecified atom stereocenters. The van der Waals surface area contributed by atoms with E-state index in [2.05, 4.69) is 24.1 Å². The van der Waals surface area contributed by atoms with Crippen molar-refractivity contribution in [3.8, 4) is 0 Å². The first-order valence-corrected chi connectivity index (χ1v) is 6.41. The molecule has 1 aliphatic rings. The molecule has 18 heavy (non-hydrogen) atoms. The van der Waals surface area contributed by atoms with E-state index in [9.17, 15) is 4.79 Å². The molecule has 2 N–H and O–H groups in total. The maximum absolute atomic E-state index is 10.7. The number of aromatic carboxylic acids is 1. The predicted octanol–water partition coefficient (Wildman–Crippen LogP) is 2.45. The first-order valence-electron chi connectivity index (χ1n) is 6.41. The van der Waals surface area contributed by atoms with Crippen molar-refractivity contribution >= 4 is 5.97 Å². The number of pyridine rings is 1. The van der Waals surface area contributed by atoms with Gasteiger partial charge in [0.1, 0.15) is 0 Å². The third kappa shape index (κ3) is 2.88. The minimum absolute atomic E-state index is 0.236. The van der Waals surface area contributed by atoms with Gasteiger partial charge < -0.3 is 10.4 Å². The molecule has 0 spiro atoms. The summed E-state index contributed by atoms with van der Waals surface area (Å²) >= 11 is 0. The fourth-order valence-corrected chi connectivity index (χ4v) is 2.59. The summed E-state index contributed by atoms with van der Waals surface area (Å²) in [5, 5.41) is 12.3. The van der Waals surface area contributed by atoms with Gasteiger partial charge in [-0.05, 0) is 30.4 Å². The number of nitrogens with one attached hydrogen (secondary N) is 1. The van der Waals surface area contributed by atoms with Gasteiger partial charge in [-0.1, -0.05) is 20.3 Å². The highest BCUT2D eigenvalue weighted by Crippen LogP contribution is 2.37. The second-order valence-electron chi connectivity index (χ2n) is 5.66. The summed E-state index contributed by atoms with van der Waals surface area (Å²) in [5.74, 6) is -0.932. The van der Waals surface area contributed by atoms with Gasteiger partial charge in [0.05, 0.1) is 11.3 Å². The molecule has 0 aromatic carbocycles. The number of rotatable bonds is 4. The van der Waals surface area contributed by atoms with E-state index in [4.69, 9.17) is 5.11 Å². The molecule has 0 radical (unpaired) electrons. The quantitative estimate of drug-likeness (QED) is 0.859. The lowest BCUT2D eigenvalue weighted by Crippen LogP contribution is -2.37. The summed E-state index contributed by atoms with van der Waals surface area (Å²) < 4.78 is 0. The Balaban J connectivity index is 1.92. The smallest absolute Gasteiger partial charge is 0.337 e. The molecule has 1 aliphatic carbocycles. The zero-order chi connectivity index (χ0) is 13.2. The van der Waals surface area contributed by atoms with E-state index in [1.54, 1.807) is 12.1 Å². The van der Waals surface area contributed by atoms with Gasteiger partial charge in [-0.15, -0.1) is 0 Å². The molecule has 0 bridgehead atoms. The Bertz CT molecular complexity index is 426. The summed E-state index contributed by atoms with van der Waals surface area (Å²) in [6.07, 6.45) is 5.16. The van der Waals surface area contributed by atoms with E-state index in [1.807, 2.05) is 0 Å². The van der Waals surface area contributed by atoms with Crippen LogP contribution in [-0.2, 0) is 6.54 Å². The number of aromatic nitrogens is 1. The highest BCUT2D eigenvalue weighted by molar-refractivity contribution is 5.87. The van der Waals surface area contributed by atoms with Crippen LogP contribution in [0.25, 0.3) is 0 Å². The topological polar surface area (TPSA) is 62.2 Å². The lowest BCUT2D eigenvalue weighted by molar-refractivity contribution is 0.0696. The average molecular weight is 248 g/mol. The average Bonchev–Trinajstić information content (AvgIpc) is 2.66. The monoisotopic (exact) mass is 248 g/mol. The van der Waals surface area contributed by atoms with Gasteiger partial charge in [0.2, 0.25) is 0 Å². The summed E-state index contributed by atoms with van der Waals surface area (Å²) in [6, 6.07) is 3.91. The first-order chi connectivity index (χ1) is 8.49. The Morgan fingerprint density at radius 3 is 2.83 bits per heavy atom. The Morgan fingerprint density at radius 2 is 2.33 bits per heavy atom. The van der Waals surface area contributed by atoms with E-state index in [0.29, 0.717) is 18.0 Å². The molecule has 0 amide bonds. The van der Waals surface area contributed by atoms with E-state index in [1.165, 1.54) is 25.5 Å². The van der Waals surface area contributed by atoms with Crippen LogP contribution in [0.15, 0.2) is 18.3 Å². The van der Waals surface area contributed by atoms with Crippen LogP contribution < -0.4 is 5.32 Å². The van der Waals surface area contributed by atoms with Crippen LogP contribution in [0.1, 0.15) is 49.2 Å². The van der Waals surface area contributed by atoms with Gasteiger partial charge in [-0.3, -0.25) is 4.98 Å². The summed E-state index contributed by atoms with van der Waals surface area (Å²) in [4.78, 5) is 14.9. The molecule has 1 heterocycles. The van der Waals surface area contributed by atoms with Gasteiger partial charge in [0.15, 0.2) is 0 Å². The maximum Gasteiger partial charge on any atom is 0.337 e. The van der Waals surface area contributed by atoms with Crippen molar-refractivity contribution in [3.63, 3.8) is 0 Å². The maximum atomic E-state index is 10.7. The number of carboxylic acid groups (broad SMARTS) is 1. The molecule has 1 aromatic heterocycles. The van der Waals surface area contributed by atoms with E-state index >= 15 is 0 Å². The van der Waals surface area contributed by atoms with Crippen molar-refractivity contribution in [2.75, 3.05) is 0 Å². The minimum atomic E-state index is -0.932. The van der Waals surface area contributed by atoms with Crippen LogP contribution in [0.5, 0.6) is 0 Å². The largest absolute Gasteiger partial charge is 0.478 e. The standard InChI is InChI=1S/C14H20N2O2/c1-14(2)7-3-4-12(14)16-9-11-6-5-10(8-15-11)13(17)18/h5-6,8,12,16H,3-4,7,9H2,1-2H3,(H,17,18). The Labute approximate surface area is 107 Å². The molecule has 1 fully saturated rings. The third-order valence-corrected chi connectivity index (χ3v) is 3.86. The molecule has 2 rings (SSSR count). The van der Waals surface area contributed by atoms with Crippen LogP contribution in [0.3, 0.4) is 0 Å². The normalized spacial score (nSPS) is 22.0. The number of nitrogens with zero attached hydrogens (tertiary/aromatic N) is 1. The molecular formula is C14H20N2O2. The lowest BCUT2D eigenvalue weighted by atomic mass is 9.87. The Kier molecular flexibility index (Phi) is 3.66. The molecule has 4 nitrogen and oxygen atoms in total. The number of hydrogen-bond donors (Lipinski definition) is 2. The van der Waals surface area contributed by atoms with Gasteiger partial charge in [0, 0.05) is 18.8 Å². The van der Waals surface area contributed by atoms with Crippen LogP contribution in [-0.4, -0.2) is 22.1 Å². The van der Waals surface area contributed by atoms with Gasteiger partial charge in [-0.25, -0.2) is 4.79 Å². The molecule has 4 heteroatoms. The second-order valence-corrected chi connectivity index (χ2v) is 5.66. The van der Waals surface area contributed by atoms with Gasteiger partial charge >= 0.3 is 5.97 Å². The predicted molar refractivity (Wildman–Crippen MR) is 69.5 cm³/mol. The van der Waals surface area contributed by atoms with Crippen LogP contribution in [0.2, 0.25) is 0 Å². The molecule has 98 valence electrons. The number of carbonyl (C=O) groups is 1. The first kappa shape index (κ1) is 13.0. The van der Waals surface area contributed by atoms with Crippen molar-refractivity contribution in [1.82, 2.24) is 10.3 Å². The third-order valence-electron chi connectivity index (χ3n) is 3.86. The molecule has 1 saturated carbocycles. The Hall–Kier alpha value is -1.42. The van der Waals surface area contributed by atoms with Crippen molar-refractivity contribution in [3.05, 3.63) is 29.6 Å². The second kappa shape index (κ2) is 5.06. The highest BCUT2D eigenvalue weighted by Gasteiger charge is 2.33. The van der Waals surface area contributed by atoms with E-state index in [-0.39, 0.29) is 5.56 Å². The van der Waals surface area contributed by atoms with Gasteiger partial charge in [-0.2, -0.15) is 0 Å². The Morgan fingerprint density at radius 1 is 1.56 bits per heavy atom. The van der Waals surface area contributed by atoms with Crippen LogP contribution >= 0.6 is 0 Å². The lowest BCUT2D eigenvalue weighted by Gasteiger charge is -2.27. The minimum Gasteiger partial charge on any atom is -0.478 e. The zero-order valence-electron chi connectivity index (χ0n) is 10.9. The molecule has 0 saturated heterocycles. The van der Waals surface area contributed by atoms with Crippen molar-refractivity contribution in [2.45, 2.75) is 45.7 Å². The fraction of sp³-hybridized carbons (Fsp3) is 0.571. The molecule has 0 aliphatic heterocycles. The summed E-state index contributed by atoms with van der Waals surface area (Å²) in [6.45, 7) is 5.28. The van der Waals surface area contributed by atoms with Gasteiger partial charge in [0.25, 0.3) is 0 Å². The molecular weight excluding hydrogens is 228 g/mol. The van der Waals surface area contributed by atoms with Crippen LogP contribution in [0.4, 0.5) is 0 Å². The number of hydrogen-bond acceptors (Lipinski definition) is 3. The van der Waals surface area contributed by atoms with E-state index in [0.717, 1.165) is 5.69 Å². The molecule has 1 aromatic rings. The highest BCUT2D eigenvalue weighted by atomic mass is 16.4. The number of carboxylic acids is 1. The van der Waals surface area contributed by atoms with Crippen molar-refractivity contribution < 1.29 is 9.90 Å². The fourth-order valence-electron chi connectivity index (χ4n) is 2.59. The van der Waals surface area contributed by atoms with E-state index < -0.39 is 5.97 Å². The zero-order valence-corrected chi connectivity index (χ0v) is 10.9.